The molecule has 0 spiro atoms. The van der Waals surface area contributed by atoms with Crippen LogP contribution in [0.5, 0.6) is 0 Å². The number of hydrogen-bond acceptors (Lipinski definition) is 1. The third-order valence-corrected chi connectivity index (χ3v) is 2.56. The first kappa shape index (κ1) is 11.1. The van der Waals surface area contributed by atoms with Gasteiger partial charge in [0.25, 0.3) is 5.92 Å². The topological polar surface area (TPSA) is 20.3 Å². The SMILES string of the molecule is C=C(C)CN(C)C(=O)[C@@H]1[C@@H](C)C1(F)F. The maximum absolute atomic E-state index is 12.9. The fourth-order valence-electron chi connectivity index (χ4n) is 1.58. The van der Waals surface area contributed by atoms with Crippen molar-refractivity contribution in [3.8, 4) is 0 Å². The number of nitrogens with zero attached hydrogens (tertiary/aromatic N) is 1. The lowest BCUT2D eigenvalue weighted by molar-refractivity contribution is -0.133. The van der Waals surface area contributed by atoms with Gasteiger partial charge in [-0.3, -0.25) is 4.79 Å². The smallest absolute Gasteiger partial charge is 0.263 e. The fraction of sp³-hybridized carbons (Fsp3) is 0.700. The second-order valence-electron chi connectivity index (χ2n) is 4.09. The monoisotopic (exact) mass is 203 g/mol. The summed E-state index contributed by atoms with van der Waals surface area (Å²) < 4.78 is 25.7. The molecule has 0 aromatic heterocycles. The lowest BCUT2D eigenvalue weighted by Crippen LogP contribution is -2.31. The van der Waals surface area contributed by atoms with E-state index in [0.717, 1.165) is 5.57 Å². The summed E-state index contributed by atoms with van der Waals surface area (Å²) in [5.74, 6) is -5.22. The molecule has 0 aromatic rings. The summed E-state index contributed by atoms with van der Waals surface area (Å²) in [4.78, 5) is 12.8. The Morgan fingerprint density at radius 1 is 1.57 bits per heavy atom. The van der Waals surface area contributed by atoms with Crippen molar-refractivity contribution in [1.29, 1.82) is 0 Å². The summed E-state index contributed by atoms with van der Waals surface area (Å²) >= 11 is 0. The number of halogens is 2. The molecule has 1 aliphatic carbocycles. The van der Waals surface area contributed by atoms with Crippen molar-refractivity contribution >= 4 is 5.91 Å². The van der Waals surface area contributed by atoms with E-state index in [1.807, 2.05) is 0 Å². The van der Waals surface area contributed by atoms with Crippen LogP contribution >= 0.6 is 0 Å². The summed E-state index contributed by atoms with van der Waals surface area (Å²) in [7, 11) is 1.53. The molecule has 0 radical (unpaired) electrons. The van der Waals surface area contributed by atoms with E-state index in [1.54, 1.807) is 6.92 Å². The molecule has 4 heteroatoms. The molecule has 0 bridgehead atoms. The van der Waals surface area contributed by atoms with Crippen molar-refractivity contribution in [3.63, 3.8) is 0 Å². The van der Waals surface area contributed by atoms with Crippen molar-refractivity contribution in [2.45, 2.75) is 19.8 Å². The zero-order valence-corrected chi connectivity index (χ0v) is 8.68. The number of carbonyl (C=O) groups excluding carboxylic acids is 1. The van der Waals surface area contributed by atoms with Crippen LogP contribution in [0, 0.1) is 11.8 Å². The van der Waals surface area contributed by atoms with Crippen molar-refractivity contribution < 1.29 is 13.6 Å². The van der Waals surface area contributed by atoms with Gasteiger partial charge in [0, 0.05) is 19.5 Å². The highest BCUT2D eigenvalue weighted by molar-refractivity contribution is 5.83. The van der Waals surface area contributed by atoms with E-state index >= 15 is 0 Å². The quantitative estimate of drug-likeness (QED) is 0.642. The van der Waals surface area contributed by atoms with Gasteiger partial charge in [0.15, 0.2) is 0 Å². The van der Waals surface area contributed by atoms with Crippen LogP contribution in [-0.2, 0) is 4.79 Å². The highest BCUT2D eigenvalue weighted by Crippen LogP contribution is 2.55. The second-order valence-corrected chi connectivity index (χ2v) is 4.09. The maximum Gasteiger partial charge on any atom is 0.263 e. The fourth-order valence-corrected chi connectivity index (χ4v) is 1.58. The zero-order chi connectivity index (χ0) is 11.1. The van der Waals surface area contributed by atoms with Gasteiger partial charge in [-0.25, -0.2) is 8.78 Å². The van der Waals surface area contributed by atoms with Gasteiger partial charge in [-0.05, 0) is 6.92 Å². The first-order chi connectivity index (χ1) is 6.28. The molecule has 2 nitrogen and oxygen atoms in total. The predicted octanol–water partition coefficient (Wildman–Crippen LogP) is 1.92. The number of rotatable bonds is 3. The molecule has 80 valence electrons. The van der Waals surface area contributed by atoms with Gasteiger partial charge in [-0.2, -0.15) is 0 Å². The predicted molar refractivity (Wildman–Crippen MR) is 50.1 cm³/mol. The zero-order valence-electron chi connectivity index (χ0n) is 8.68. The van der Waals surface area contributed by atoms with Crippen LogP contribution < -0.4 is 0 Å². The van der Waals surface area contributed by atoms with E-state index in [0.29, 0.717) is 6.54 Å². The third-order valence-electron chi connectivity index (χ3n) is 2.56. The lowest BCUT2D eigenvalue weighted by Gasteiger charge is -2.16. The molecule has 0 N–H and O–H groups in total. The lowest BCUT2D eigenvalue weighted by atomic mass is 10.2. The van der Waals surface area contributed by atoms with Crippen molar-refractivity contribution in [1.82, 2.24) is 4.90 Å². The van der Waals surface area contributed by atoms with Gasteiger partial charge in [0.1, 0.15) is 5.92 Å². The van der Waals surface area contributed by atoms with Gasteiger partial charge in [0.2, 0.25) is 5.91 Å². The van der Waals surface area contributed by atoms with E-state index in [4.69, 9.17) is 0 Å². The minimum absolute atomic E-state index is 0.345. The summed E-state index contributed by atoms with van der Waals surface area (Å²) in [6.07, 6.45) is 0. The van der Waals surface area contributed by atoms with Crippen LogP contribution in [-0.4, -0.2) is 30.3 Å². The Hall–Kier alpha value is -0.930. The second kappa shape index (κ2) is 3.33. The largest absolute Gasteiger partial charge is 0.341 e. The van der Waals surface area contributed by atoms with Crippen molar-refractivity contribution in [3.05, 3.63) is 12.2 Å². The van der Waals surface area contributed by atoms with Crippen LogP contribution in [0.25, 0.3) is 0 Å². The van der Waals surface area contributed by atoms with E-state index in [1.165, 1.54) is 18.9 Å². The molecule has 0 aliphatic heterocycles. The Kier molecular flexibility index (Phi) is 2.65. The molecule has 0 unspecified atom stereocenters. The number of carbonyl (C=O) groups is 1. The minimum Gasteiger partial charge on any atom is -0.341 e. The highest BCUT2D eigenvalue weighted by atomic mass is 19.3. The number of alkyl halides is 2. The Morgan fingerprint density at radius 2 is 2.00 bits per heavy atom. The summed E-state index contributed by atoms with van der Waals surface area (Å²) in [5.41, 5.74) is 0.789. The van der Waals surface area contributed by atoms with Crippen LogP contribution in [0.2, 0.25) is 0 Å². The molecule has 1 saturated carbocycles. The van der Waals surface area contributed by atoms with Crippen molar-refractivity contribution in [2.75, 3.05) is 13.6 Å². The van der Waals surface area contributed by atoms with Gasteiger partial charge in [-0.15, -0.1) is 0 Å². The Bertz CT molecular complexity index is 275. The molecule has 0 aromatic carbocycles. The van der Waals surface area contributed by atoms with E-state index in [9.17, 15) is 13.6 Å². The highest BCUT2D eigenvalue weighted by Gasteiger charge is 2.69. The third kappa shape index (κ3) is 1.79. The molecular weight excluding hydrogens is 188 g/mol. The minimum atomic E-state index is -2.81. The van der Waals surface area contributed by atoms with Crippen LogP contribution in [0.1, 0.15) is 13.8 Å². The van der Waals surface area contributed by atoms with E-state index in [-0.39, 0.29) is 0 Å². The van der Waals surface area contributed by atoms with Crippen LogP contribution in [0.3, 0.4) is 0 Å². The molecule has 1 aliphatic rings. The van der Waals surface area contributed by atoms with Crippen LogP contribution in [0.4, 0.5) is 8.78 Å². The van der Waals surface area contributed by atoms with Gasteiger partial charge in [0.05, 0.1) is 0 Å². The van der Waals surface area contributed by atoms with Gasteiger partial charge in [-0.1, -0.05) is 19.1 Å². The molecule has 1 amide bonds. The molecule has 0 saturated heterocycles. The van der Waals surface area contributed by atoms with Gasteiger partial charge < -0.3 is 4.90 Å². The Morgan fingerprint density at radius 3 is 2.29 bits per heavy atom. The first-order valence-corrected chi connectivity index (χ1v) is 4.55. The molecule has 14 heavy (non-hydrogen) atoms. The van der Waals surface area contributed by atoms with E-state index < -0.39 is 23.7 Å². The summed E-state index contributed by atoms with van der Waals surface area (Å²) in [6.45, 7) is 7.14. The van der Waals surface area contributed by atoms with Crippen LogP contribution in [0.15, 0.2) is 12.2 Å². The molecule has 0 heterocycles. The number of hydrogen-bond donors (Lipinski definition) is 0. The summed E-state index contributed by atoms with van der Waals surface area (Å²) in [5, 5.41) is 0. The molecule has 1 rings (SSSR count). The average Bonchev–Trinajstić information content (AvgIpc) is 2.49. The number of likely N-dealkylation sites (N-methyl/N-ethyl adjacent to an activating group) is 1. The summed E-state index contributed by atoms with van der Waals surface area (Å²) in [6, 6.07) is 0. The molecular formula is C10H15F2NO. The first-order valence-electron chi connectivity index (χ1n) is 4.55. The maximum atomic E-state index is 12.9. The Labute approximate surface area is 82.6 Å². The normalized spacial score (nSPS) is 28.4. The molecule has 1 fully saturated rings. The Balaban J connectivity index is 2.56. The standard InChI is InChI=1S/C10H15F2NO/c1-6(2)5-13(4)9(14)8-7(3)10(8,11)12/h7-8H,1,5H2,2-4H3/t7-,8+/m1/s1. The molecule has 2 atom stereocenters. The van der Waals surface area contributed by atoms with E-state index in [2.05, 4.69) is 6.58 Å². The average molecular weight is 203 g/mol. The number of amides is 1. The van der Waals surface area contributed by atoms with Crippen molar-refractivity contribution in [2.24, 2.45) is 11.8 Å². The van der Waals surface area contributed by atoms with Gasteiger partial charge >= 0.3 is 0 Å².